The zero-order valence-electron chi connectivity index (χ0n) is 15.1. The molecule has 0 radical (unpaired) electrons. The van der Waals surface area contributed by atoms with Crippen molar-refractivity contribution < 1.29 is 18.0 Å². The molecule has 1 atom stereocenters. The van der Waals surface area contributed by atoms with Crippen molar-refractivity contribution in [3.05, 3.63) is 52.3 Å². The molecule has 1 amide bonds. The molecule has 0 spiro atoms. The van der Waals surface area contributed by atoms with Gasteiger partial charge in [-0.1, -0.05) is 17.7 Å². The van der Waals surface area contributed by atoms with E-state index in [1.165, 1.54) is 18.3 Å². The average molecular weight is 400 g/mol. The Labute approximate surface area is 160 Å². The number of benzene rings is 1. The van der Waals surface area contributed by atoms with Crippen LogP contribution in [0.3, 0.4) is 0 Å². The van der Waals surface area contributed by atoms with Gasteiger partial charge >= 0.3 is 6.18 Å². The Hall–Kier alpha value is -2.02. The maximum absolute atomic E-state index is 13.4. The molecule has 1 saturated heterocycles. The zero-order valence-corrected chi connectivity index (χ0v) is 15.9. The van der Waals surface area contributed by atoms with E-state index in [1.54, 1.807) is 15.8 Å². The molecule has 1 aliphatic rings. The molecule has 8 heteroatoms. The maximum Gasteiger partial charge on any atom is 0.416 e. The van der Waals surface area contributed by atoms with Crippen molar-refractivity contribution >= 4 is 17.5 Å². The Balaban J connectivity index is 1.83. The molecule has 1 aliphatic heterocycles. The maximum atomic E-state index is 13.4. The van der Waals surface area contributed by atoms with Gasteiger partial charge in [0.1, 0.15) is 0 Å². The van der Waals surface area contributed by atoms with Crippen molar-refractivity contribution in [2.24, 2.45) is 0 Å². The second kappa shape index (κ2) is 7.54. The molecule has 0 aliphatic carbocycles. The van der Waals surface area contributed by atoms with E-state index in [0.717, 1.165) is 6.07 Å². The fourth-order valence-corrected chi connectivity index (χ4v) is 3.63. The monoisotopic (exact) mass is 399 g/mol. The van der Waals surface area contributed by atoms with E-state index >= 15 is 0 Å². The van der Waals surface area contributed by atoms with E-state index in [0.29, 0.717) is 24.9 Å². The molecule has 4 nitrogen and oxygen atoms in total. The van der Waals surface area contributed by atoms with Crippen molar-refractivity contribution in [1.82, 2.24) is 14.7 Å². The quantitative estimate of drug-likeness (QED) is 0.715. The molecule has 0 N–H and O–H groups in total. The minimum absolute atomic E-state index is 0.0518. The zero-order chi connectivity index (χ0) is 19.8. The SMILES string of the molecule is CC(C)n1cc(C(=O)N2CCCC(c3ccc(Cl)cc3C(F)(F)F)C2)cn1. The van der Waals surface area contributed by atoms with Gasteiger partial charge in [0.15, 0.2) is 0 Å². The number of hydrogen-bond acceptors (Lipinski definition) is 2. The second-order valence-corrected chi connectivity index (χ2v) is 7.56. The normalized spacial score (nSPS) is 18.2. The van der Waals surface area contributed by atoms with Crippen LogP contribution in [0.15, 0.2) is 30.6 Å². The Morgan fingerprint density at radius 2 is 2.07 bits per heavy atom. The Kier molecular flexibility index (Phi) is 5.51. The van der Waals surface area contributed by atoms with Crippen LogP contribution in [0.2, 0.25) is 5.02 Å². The van der Waals surface area contributed by atoms with Crippen molar-refractivity contribution in [3.8, 4) is 0 Å². The summed E-state index contributed by atoms with van der Waals surface area (Å²) in [5.74, 6) is -0.578. The molecular formula is C19H21ClF3N3O. The van der Waals surface area contributed by atoms with Gasteiger partial charge in [-0.05, 0) is 44.4 Å². The summed E-state index contributed by atoms with van der Waals surface area (Å²) in [6, 6.07) is 3.99. The van der Waals surface area contributed by atoms with Crippen LogP contribution in [-0.2, 0) is 6.18 Å². The number of halogens is 4. The molecule has 1 aromatic carbocycles. The molecule has 0 saturated carbocycles. The third-order valence-corrected chi connectivity index (χ3v) is 5.08. The number of alkyl halides is 3. The molecule has 27 heavy (non-hydrogen) atoms. The van der Waals surface area contributed by atoms with Gasteiger partial charge in [-0.2, -0.15) is 18.3 Å². The first-order valence-corrected chi connectivity index (χ1v) is 9.24. The van der Waals surface area contributed by atoms with Gasteiger partial charge in [-0.15, -0.1) is 0 Å². The standard InChI is InChI=1S/C19H21ClF3N3O/c1-12(2)26-11-14(9-24-26)18(27)25-7-3-4-13(10-25)16-6-5-15(20)8-17(16)19(21,22)23/h5-6,8-9,11-13H,3-4,7,10H2,1-2H3. The van der Waals surface area contributed by atoms with Crippen LogP contribution in [0.4, 0.5) is 13.2 Å². The van der Waals surface area contributed by atoms with Gasteiger partial charge in [0, 0.05) is 36.3 Å². The van der Waals surface area contributed by atoms with E-state index < -0.39 is 11.7 Å². The minimum atomic E-state index is -4.48. The summed E-state index contributed by atoms with van der Waals surface area (Å²) in [4.78, 5) is 14.4. The summed E-state index contributed by atoms with van der Waals surface area (Å²) >= 11 is 5.77. The van der Waals surface area contributed by atoms with E-state index in [9.17, 15) is 18.0 Å². The fourth-order valence-electron chi connectivity index (χ4n) is 3.46. The Morgan fingerprint density at radius 3 is 2.70 bits per heavy atom. The first kappa shape index (κ1) is 19.7. The number of amides is 1. The summed E-state index contributed by atoms with van der Waals surface area (Å²) in [5, 5.41) is 4.22. The topological polar surface area (TPSA) is 38.1 Å². The highest BCUT2D eigenvalue weighted by Gasteiger charge is 2.37. The van der Waals surface area contributed by atoms with Gasteiger partial charge in [0.2, 0.25) is 0 Å². The number of likely N-dealkylation sites (tertiary alicyclic amines) is 1. The lowest BCUT2D eigenvalue weighted by Crippen LogP contribution is -2.39. The van der Waals surface area contributed by atoms with E-state index in [4.69, 9.17) is 11.6 Å². The lowest BCUT2D eigenvalue weighted by molar-refractivity contribution is -0.138. The van der Waals surface area contributed by atoms with Gasteiger partial charge < -0.3 is 4.90 Å². The van der Waals surface area contributed by atoms with Crippen molar-refractivity contribution in [2.75, 3.05) is 13.1 Å². The summed E-state index contributed by atoms with van der Waals surface area (Å²) in [5.41, 5.74) is -0.0688. The predicted molar refractivity (Wildman–Crippen MR) is 96.9 cm³/mol. The number of nitrogens with zero attached hydrogens (tertiary/aromatic N) is 3. The predicted octanol–water partition coefficient (Wildman–Crippen LogP) is 5.16. The van der Waals surface area contributed by atoms with Crippen molar-refractivity contribution in [3.63, 3.8) is 0 Å². The van der Waals surface area contributed by atoms with Gasteiger partial charge in [-0.25, -0.2) is 0 Å². The number of rotatable bonds is 3. The second-order valence-electron chi connectivity index (χ2n) is 7.12. The molecule has 1 unspecified atom stereocenters. The van der Waals surface area contributed by atoms with Crippen LogP contribution in [0.5, 0.6) is 0 Å². The van der Waals surface area contributed by atoms with Crippen LogP contribution >= 0.6 is 11.6 Å². The molecule has 2 heterocycles. The Morgan fingerprint density at radius 1 is 1.33 bits per heavy atom. The van der Waals surface area contributed by atoms with Gasteiger partial charge in [-0.3, -0.25) is 9.48 Å². The average Bonchev–Trinajstić information content (AvgIpc) is 3.11. The summed E-state index contributed by atoms with van der Waals surface area (Å²) in [7, 11) is 0. The first-order valence-electron chi connectivity index (χ1n) is 8.87. The van der Waals surface area contributed by atoms with Gasteiger partial charge in [0.25, 0.3) is 5.91 Å². The van der Waals surface area contributed by atoms with Crippen LogP contribution in [0.25, 0.3) is 0 Å². The van der Waals surface area contributed by atoms with Gasteiger partial charge in [0.05, 0.1) is 17.3 Å². The lowest BCUT2D eigenvalue weighted by atomic mass is 9.87. The summed E-state index contributed by atoms with van der Waals surface area (Å²) < 4.78 is 42.0. The molecule has 3 rings (SSSR count). The van der Waals surface area contributed by atoms with Crippen LogP contribution in [0, 0.1) is 0 Å². The summed E-state index contributed by atoms with van der Waals surface area (Å²) in [6.45, 7) is 4.68. The number of piperidine rings is 1. The first-order chi connectivity index (χ1) is 12.7. The molecule has 1 fully saturated rings. The highest BCUT2D eigenvalue weighted by atomic mass is 35.5. The smallest absolute Gasteiger partial charge is 0.338 e. The number of aromatic nitrogens is 2. The van der Waals surface area contributed by atoms with Crippen molar-refractivity contribution in [2.45, 2.75) is 44.8 Å². The van der Waals surface area contributed by atoms with E-state index in [2.05, 4.69) is 5.10 Å². The van der Waals surface area contributed by atoms with Crippen molar-refractivity contribution in [1.29, 1.82) is 0 Å². The highest BCUT2D eigenvalue weighted by Crippen LogP contribution is 2.39. The molecular weight excluding hydrogens is 379 g/mol. The lowest BCUT2D eigenvalue weighted by Gasteiger charge is -2.34. The number of carbonyl (C=O) groups is 1. The van der Waals surface area contributed by atoms with E-state index in [1.807, 2.05) is 13.8 Å². The third-order valence-electron chi connectivity index (χ3n) is 4.85. The molecule has 1 aromatic heterocycles. The molecule has 146 valence electrons. The highest BCUT2D eigenvalue weighted by molar-refractivity contribution is 6.30. The Bertz CT molecular complexity index is 832. The fraction of sp³-hybridized carbons (Fsp3) is 0.474. The number of carbonyl (C=O) groups excluding carboxylic acids is 1. The number of hydrogen-bond donors (Lipinski definition) is 0. The minimum Gasteiger partial charge on any atom is -0.338 e. The largest absolute Gasteiger partial charge is 0.416 e. The van der Waals surface area contributed by atoms with Crippen LogP contribution in [0.1, 0.15) is 60.1 Å². The van der Waals surface area contributed by atoms with E-state index in [-0.39, 0.29) is 35.0 Å². The third kappa shape index (κ3) is 4.29. The summed E-state index contributed by atoms with van der Waals surface area (Å²) in [6.07, 6.45) is -0.0469. The molecule has 2 aromatic rings. The molecule has 0 bridgehead atoms. The van der Waals surface area contributed by atoms with Crippen LogP contribution in [-0.4, -0.2) is 33.7 Å². The van der Waals surface area contributed by atoms with Crippen LogP contribution < -0.4 is 0 Å².